The molecule has 1 N–H and O–H groups in total. The topological polar surface area (TPSA) is 68.0 Å². The number of aromatic nitrogens is 2. The first kappa shape index (κ1) is 16.5. The monoisotopic (exact) mass is 323 g/mol. The van der Waals surface area contributed by atoms with Crippen molar-refractivity contribution in [3.05, 3.63) is 35.5 Å². The van der Waals surface area contributed by atoms with E-state index in [1.165, 1.54) is 17.8 Å². The summed E-state index contributed by atoms with van der Waals surface area (Å²) in [4.78, 5) is 15.7. The maximum atomic E-state index is 13.5. The Balaban J connectivity index is 1.89. The first-order chi connectivity index (χ1) is 10.6. The van der Waals surface area contributed by atoms with Gasteiger partial charge in [0.1, 0.15) is 5.82 Å². The van der Waals surface area contributed by atoms with Gasteiger partial charge in [0.25, 0.3) is 0 Å². The van der Waals surface area contributed by atoms with Gasteiger partial charge >= 0.3 is 0 Å². The van der Waals surface area contributed by atoms with Crippen LogP contribution in [0.5, 0.6) is 0 Å². The molecule has 2 rings (SSSR count). The molecule has 7 heteroatoms. The first-order valence-electron chi connectivity index (χ1n) is 7.03. The third-order valence-electron chi connectivity index (χ3n) is 2.93. The second kappa shape index (κ2) is 7.93. The molecule has 0 saturated heterocycles. The lowest BCUT2D eigenvalue weighted by atomic mass is 10.1. The summed E-state index contributed by atoms with van der Waals surface area (Å²) in [6.45, 7) is 4.38. The van der Waals surface area contributed by atoms with Crippen molar-refractivity contribution < 1.29 is 13.7 Å². The third-order valence-corrected chi connectivity index (χ3v) is 3.85. The van der Waals surface area contributed by atoms with E-state index in [1.807, 2.05) is 6.92 Å². The summed E-state index contributed by atoms with van der Waals surface area (Å²) >= 11 is 1.40. The number of carbonyl (C=O) groups is 1. The molecule has 0 radical (unpaired) electrons. The molecule has 5 nitrogen and oxygen atoms in total. The number of hydrogen-bond acceptors (Lipinski definition) is 5. The number of aryl methyl sites for hydroxylation is 1. The minimum Gasteiger partial charge on any atom is -0.355 e. The van der Waals surface area contributed by atoms with E-state index in [0.717, 1.165) is 6.42 Å². The first-order valence-corrected chi connectivity index (χ1v) is 8.19. The highest BCUT2D eigenvalue weighted by molar-refractivity contribution is 7.99. The van der Waals surface area contributed by atoms with Crippen molar-refractivity contribution in [2.45, 2.75) is 26.0 Å². The smallest absolute Gasteiger partial charge is 0.236 e. The van der Waals surface area contributed by atoms with E-state index >= 15 is 0 Å². The van der Waals surface area contributed by atoms with Gasteiger partial charge < -0.3 is 9.84 Å². The zero-order chi connectivity index (χ0) is 15.9. The molecular weight excluding hydrogens is 305 g/mol. The number of carbonyl (C=O) groups excluding carboxylic acids is 1. The molecule has 0 atom stereocenters. The van der Waals surface area contributed by atoms with Crippen molar-refractivity contribution in [2.75, 3.05) is 12.3 Å². The van der Waals surface area contributed by atoms with Gasteiger partial charge in [-0.3, -0.25) is 4.79 Å². The van der Waals surface area contributed by atoms with Crippen LogP contribution in [0.4, 0.5) is 4.39 Å². The van der Waals surface area contributed by atoms with E-state index in [-0.39, 0.29) is 11.7 Å². The Morgan fingerprint density at radius 1 is 1.45 bits per heavy atom. The average Bonchev–Trinajstić information content (AvgIpc) is 2.97. The molecule has 0 aliphatic carbocycles. The van der Waals surface area contributed by atoms with Gasteiger partial charge in [0, 0.05) is 12.1 Å². The van der Waals surface area contributed by atoms with E-state index in [2.05, 4.69) is 15.5 Å². The van der Waals surface area contributed by atoms with E-state index in [1.54, 1.807) is 19.1 Å². The number of halogens is 1. The molecule has 1 heterocycles. The van der Waals surface area contributed by atoms with Crippen LogP contribution in [0.3, 0.4) is 0 Å². The van der Waals surface area contributed by atoms with Gasteiger partial charge in [0.05, 0.1) is 11.5 Å². The third kappa shape index (κ3) is 4.56. The van der Waals surface area contributed by atoms with Crippen molar-refractivity contribution in [3.63, 3.8) is 0 Å². The van der Waals surface area contributed by atoms with Crippen molar-refractivity contribution >= 4 is 17.7 Å². The standard InChI is InChI=1S/C15H18FN3O2S/c1-3-6-17-13(20)8-22-9-14-18-15(19-21-14)11-5-4-10(2)12(16)7-11/h4-5,7H,3,6,8-9H2,1-2H3,(H,17,20). The largest absolute Gasteiger partial charge is 0.355 e. The van der Waals surface area contributed by atoms with Gasteiger partial charge in [-0.2, -0.15) is 4.98 Å². The molecule has 118 valence electrons. The molecule has 22 heavy (non-hydrogen) atoms. The van der Waals surface area contributed by atoms with Gasteiger partial charge in [-0.1, -0.05) is 24.2 Å². The molecule has 0 fully saturated rings. The van der Waals surface area contributed by atoms with Gasteiger partial charge in [-0.25, -0.2) is 4.39 Å². The van der Waals surface area contributed by atoms with Crippen LogP contribution in [0, 0.1) is 12.7 Å². The molecule has 2 aromatic rings. The van der Waals surface area contributed by atoms with Crippen LogP contribution in [0.2, 0.25) is 0 Å². The fraction of sp³-hybridized carbons (Fsp3) is 0.400. The SMILES string of the molecule is CCCNC(=O)CSCc1nc(-c2ccc(C)c(F)c2)no1. The Morgan fingerprint density at radius 2 is 2.27 bits per heavy atom. The highest BCUT2D eigenvalue weighted by Crippen LogP contribution is 2.20. The number of amides is 1. The van der Waals surface area contributed by atoms with Crippen molar-refractivity contribution in [2.24, 2.45) is 0 Å². The quantitative estimate of drug-likeness (QED) is 0.848. The highest BCUT2D eigenvalue weighted by Gasteiger charge is 2.11. The molecule has 1 aromatic heterocycles. The van der Waals surface area contributed by atoms with Crippen molar-refractivity contribution in [1.82, 2.24) is 15.5 Å². The molecule has 0 aliphatic rings. The maximum absolute atomic E-state index is 13.5. The van der Waals surface area contributed by atoms with Crippen LogP contribution < -0.4 is 5.32 Å². The number of nitrogens with one attached hydrogen (secondary N) is 1. The van der Waals surface area contributed by atoms with Crippen LogP contribution in [-0.4, -0.2) is 28.3 Å². The predicted octanol–water partition coefficient (Wildman–Crippen LogP) is 2.94. The van der Waals surface area contributed by atoms with E-state index in [0.29, 0.717) is 40.9 Å². The molecule has 0 aliphatic heterocycles. The number of hydrogen-bond donors (Lipinski definition) is 1. The molecular formula is C15H18FN3O2S. The van der Waals surface area contributed by atoms with Crippen LogP contribution >= 0.6 is 11.8 Å². The fourth-order valence-corrected chi connectivity index (χ4v) is 2.39. The van der Waals surface area contributed by atoms with Gasteiger partial charge in [-0.05, 0) is 25.0 Å². The Kier molecular flexibility index (Phi) is 5.94. The number of rotatable bonds is 7. The minimum absolute atomic E-state index is 0.00723. The predicted molar refractivity (Wildman–Crippen MR) is 83.9 cm³/mol. The Morgan fingerprint density at radius 3 is 3.00 bits per heavy atom. The zero-order valence-electron chi connectivity index (χ0n) is 12.6. The summed E-state index contributed by atoms with van der Waals surface area (Å²) in [5.41, 5.74) is 1.14. The van der Waals surface area contributed by atoms with E-state index in [4.69, 9.17) is 4.52 Å². The zero-order valence-corrected chi connectivity index (χ0v) is 13.4. The summed E-state index contributed by atoms with van der Waals surface area (Å²) in [5, 5.41) is 6.63. The van der Waals surface area contributed by atoms with Crippen LogP contribution in [0.1, 0.15) is 24.8 Å². The van der Waals surface area contributed by atoms with Crippen LogP contribution in [0.25, 0.3) is 11.4 Å². The summed E-state index contributed by atoms with van der Waals surface area (Å²) in [5.74, 6) is 1.25. The number of thioether (sulfide) groups is 1. The second-order valence-corrected chi connectivity index (χ2v) is 5.80. The molecule has 1 amide bonds. The summed E-state index contributed by atoms with van der Waals surface area (Å²) in [6.07, 6.45) is 0.913. The Bertz CT molecular complexity index is 645. The Labute approximate surface area is 132 Å². The molecule has 0 spiro atoms. The highest BCUT2D eigenvalue weighted by atomic mass is 32.2. The number of benzene rings is 1. The fourth-order valence-electron chi connectivity index (χ4n) is 1.71. The van der Waals surface area contributed by atoms with Gasteiger partial charge in [0.2, 0.25) is 17.6 Å². The lowest BCUT2D eigenvalue weighted by molar-refractivity contribution is -0.118. The number of nitrogens with zero attached hydrogens (tertiary/aromatic N) is 2. The van der Waals surface area contributed by atoms with E-state index < -0.39 is 0 Å². The average molecular weight is 323 g/mol. The van der Waals surface area contributed by atoms with Crippen LogP contribution in [0.15, 0.2) is 22.7 Å². The van der Waals surface area contributed by atoms with Crippen molar-refractivity contribution in [1.29, 1.82) is 0 Å². The summed E-state index contributed by atoms with van der Waals surface area (Å²) in [6, 6.07) is 4.81. The molecule has 0 saturated carbocycles. The molecule has 0 unspecified atom stereocenters. The lowest BCUT2D eigenvalue weighted by Crippen LogP contribution is -2.25. The molecule has 1 aromatic carbocycles. The van der Waals surface area contributed by atoms with Crippen molar-refractivity contribution in [3.8, 4) is 11.4 Å². The second-order valence-electron chi connectivity index (χ2n) is 4.82. The van der Waals surface area contributed by atoms with Crippen LogP contribution in [-0.2, 0) is 10.5 Å². The maximum Gasteiger partial charge on any atom is 0.236 e. The summed E-state index contributed by atoms with van der Waals surface area (Å²) < 4.78 is 18.6. The Hall–Kier alpha value is -1.89. The van der Waals surface area contributed by atoms with Gasteiger partial charge in [0.15, 0.2) is 0 Å². The molecule has 0 bridgehead atoms. The van der Waals surface area contributed by atoms with E-state index in [9.17, 15) is 9.18 Å². The normalized spacial score (nSPS) is 10.7. The summed E-state index contributed by atoms with van der Waals surface area (Å²) in [7, 11) is 0. The van der Waals surface area contributed by atoms with Gasteiger partial charge in [-0.15, -0.1) is 11.8 Å². The lowest BCUT2D eigenvalue weighted by Gasteiger charge is -2.01. The minimum atomic E-state index is -0.300.